The molecule has 2 unspecified atom stereocenters. The molecule has 0 saturated carbocycles. The Morgan fingerprint density at radius 3 is 2.70 bits per heavy atom. The van der Waals surface area contributed by atoms with Gasteiger partial charge in [-0.3, -0.25) is 14.5 Å². The summed E-state index contributed by atoms with van der Waals surface area (Å²) < 4.78 is 0. The third-order valence-electron chi connectivity index (χ3n) is 6.35. The summed E-state index contributed by atoms with van der Waals surface area (Å²) in [6, 6.07) is 7.34. The number of fused-ring (bicyclic) bond motifs is 2. The Labute approximate surface area is 158 Å². The number of carbonyl (C=O) groups is 3. The average molecular weight is 370 g/mol. The van der Waals surface area contributed by atoms with Gasteiger partial charge in [0.05, 0.1) is 0 Å². The number of amides is 4. The molecule has 144 valence electrons. The smallest absolute Gasteiger partial charge is 0.325 e. The summed E-state index contributed by atoms with van der Waals surface area (Å²) in [4.78, 5) is 41.2. The molecule has 7 heteroatoms. The number of hydrogen-bond donors (Lipinski definition) is 2. The van der Waals surface area contributed by atoms with E-state index in [9.17, 15) is 14.4 Å². The highest BCUT2D eigenvalue weighted by Crippen LogP contribution is 2.41. The maximum absolute atomic E-state index is 13.1. The molecule has 2 heterocycles. The summed E-state index contributed by atoms with van der Waals surface area (Å²) in [5, 5.41) is 2.87. The molecule has 3 N–H and O–H groups in total. The topological polar surface area (TPSA) is 95.7 Å². The fraction of sp³-hybridized carbons (Fsp3) is 0.550. The molecule has 0 bridgehead atoms. The Kier molecular flexibility index (Phi) is 4.42. The number of carbonyl (C=O) groups excluding carboxylic acids is 3. The first-order valence-electron chi connectivity index (χ1n) is 9.68. The van der Waals surface area contributed by atoms with E-state index in [0.29, 0.717) is 25.4 Å². The van der Waals surface area contributed by atoms with E-state index < -0.39 is 11.6 Å². The molecule has 7 nitrogen and oxygen atoms in total. The molecule has 0 radical (unpaired) electrons. The Morgan fingerprint density at radius 2 is 2.00 bits per heavy atom. The number of benzene rings is 1. The van der Waals surface area contributed by atoms with Gasteiger partial charge in [0, 0.05) is 19.1 Å². The van der Waals surface area contributed by atoms with Gasteiger partial charge in [0.25, 0.3) is 5.91 Å². The average Bonchev–Trinajstić information content (AvgIpc) is 3.15. The molecule has 1 aromatic rings. The number of likely N-dealkylation sites (tertiary alicyclic amines) is 1. The molecule has 3 aliphatic rings. The van der Waals surface area contributed by atoms with Crippen LogP contribution in [0.25, 0.3) is 0 Å². The van der Waals surface area contributed by atoms with Gasteiger partial charge in [-0.2, -0.15) is 0 Å². The van der Waals surface area contributed by atoms with Crippen molar-refractivity contribution in [2.45, 2.75) is 44.2 Å². The van der Waals surface area contributed by atoms with Crippen LogP contribution >= 0.6 is 0 Å². The van der Waals surface area contributed by atoms with Crippen LogP contribution in [0.15, 0.2) is 24.3 Å². The van der Waals surface area contributed by atoms with Crippen LogP contribution in [-0.4, -0.2) is 53.3 Å². The highest BCUT2D eigenvalue weighted by Gasteiger charge is 2.55. The second-order valence-electron chi connectivity index (χ2n) is 7.96. The van der Waals surface area contributed by atoms with Gasteiger partial charge in [-0.15, -0.1) is 0 Å². The molecule has 1 spiro atoms. The zero-order chi connectivity index (χ0) is 19.2. The van der Waals surface area contributed by atoms with Crippen LogP contribution in [0.5, 0.6) is 0 Å². The second-order valence-corrected chi connectivity index (χ2v) is 7.96. The highest BCUT2D eigenvalue weighted by atomic mass is 16.2. The maximum Gasteiger partial charge on any atom is 0.325 e. The van der Waals surface area contributed by atoms with E-state index in [4.69, 9.17) is 5.73 Å². The lowest BCUT2D eigenvalue weighted by atomic mass is 9.91. The van der Waals surface area contributed by atoms with Crippen LogP contribution in [-0.2, 0) is 21.5 Å². The Morgan fingerprint density at radius 1 is 1.30 bits per heavy atom. The Hall–Kier alpha value is -2.41. The van der Waals surface area contributed by atoms with E-state index in [1.165, 1.54) is 0 Å². The maximum atomic E-state index is 13.1. The number of nitrogens with one attached hydrogen (secondary N) is 1. The van der Waals surface area contributed by atoms with Crippen LogP contribution in [0.1, 0.15) is 37.3 Å². The lowest BCUT2D eigenvalue weighted by Crippen LogP contribution is -2.48. The van der Waals surface area contributed by atoms with Crippen LogP contribution in [0.3, 0.4) is 0 Å². The van der Waals surface area contributed by atoms with Crippen LogP contribution in [0, 0.1) is 5.92 Å². The molecule has 2 atom stereocenters. The molecular weight excluding hydrogens is 344 g/mol. The number of rotatable bonds is 3. The fourth-order valence-electron chi connectivity index (χ4n) is 4.64. The zero-order valence-electron chi connectivity index (χ0n) is 15.6. The molecule has 2 fully saturated rings. The van der Waals surface area contributed by atoms with E-state index in [1.54, 1.807) is 4.90 Å². The van der Waals surface area contributed by atoms with Crippen LogP contribution in [0.4, 0.5) is 4.79 Å². The van der Waals surface area contributed by atoms with Crippen molar-refractivity contribution in [1.29, 1.82) is 0 Å². The number of nitrogens with zero attached hydrogens (tertiary/aromatic N) is 2. The first-order chi connectivity index (χ1) is 12.9. The summed E-state index contributed by atoms with van der Waals surface area (Å²) >= 11 is 0. The summed E-state index contributed by atoms with van der Waals surface area (Å²) in [6.07, 6.45) is 3.01. The van der Waals surface area contributed by atoms with Gasteiger partial charge in [-0.1, -0.05) is 24.3 Å². The third kappa shape index (κ3) is 2.90. The largest absolute Gasteiger partial charge is 0.341 e. The van der Waals surface area contributed by atoms with Gasteiger partial charge in [0.2, 0.25) is 5.91 Å². The Bertz CT molecular complexity index is 785. The summed E-state index contributed by atoms with van der Waals surface area (Å²) in [6.45, 7) is 3.05. The second kappa shape index (κ2) is 6.64. The number of hydrogen-bond acceptors (Lipinski definition) is 4. The van der Waals surface area contributed by atoms with Crippen LogP contribution < -0.4 is 11.1 Å². The predicted octanol–water partition coefficient (Wildman–Crippen LogP) is 0.966. The van der Waals surface area contributed by atoms with Crippen molar-refractivity contribution in [3.05, 3.63) is 35.4 Å². The molecular formula is C20H26N4O3. The normalized spacial score (nSPS) is 26.4. The lowest BCUT2D eigenvalue weighted by Gasteiger charge is -2.34. The van der Waals surface area contributed by atoms with Crippen molar-refractivity contribution < 1.29 is 14.4 Å². The predicted molar refractivity (Wildman–Crippen MR) is 99.6 cm³/mol. The van der Waals surface area contributed by atoms with E-state index in [2.05, 4.69) is 5.32 Å². The molecule has 1 aliphatic carbocycles. The van der Waals surface area contributed by atoms with Crippen molar-refractivity contribution in [2.75, 3.05) is 19.6 Å². The Balaban J connectivity index is 1.46. The van der Waals surface area contributed by atoms with Crippen molar-refractivity contribution in [3.8, 4) is 0 Å². The number of aryl methyl sites for hydroxylation is 1. The number of piperidine rings is 1. The van der Waals surface area contributed by atoms with E-state index in [1.807, 2.05) is 31.2 Å². The first kappa shape index (κ1) is 18.0. The third-order valence-corrected chi connectivity index (χ3v) is 6.35. The summed E-state index contributed by atoms with van der Waals surface area (Å²) in [7, 11) is 0. The minimum atomic E-state index is -1.00. The quantitative estimate of drug-likeness (QED) is 0.775. The molecule has 4 amide bonds. The summed E-state index contributed by atoms with van der Waals surface area (Å²) in [5.74, 6) is -0.0646. The lowest BCUT2D eigenvalue weighted by molar-refractivity contribution is -0.140. The molecule has 27 heavy (non-hydrogen) atoms. The highest BCUT2D eigenvalue weighted by molar-refractivity contribution is 6.09. The van der Waals surface area contributed by atoms with Crippen molar-refractivity contribution in [1.82, 2.24) is 15.1 Å². The molecule has 2 aliphatic heterocycles. The van der Waals surface area contributed by atoms with E-state index >= 15 is 0 Å². The van der Waals surface area contributed by atoms with Crippen molar-refractivity contribution >= 4 is 17.8 Å². The van der Waals surface area contributed by atoms with Crippen molar-refractivity contribution in [3.63, 3.8) is 0 Å². The SMILES string of the molecule is CC(N)C1CCN(C(=O)CN2C(=O)NC3(CCc4ccccc43)C2=O)CC1. The molecule has 4 rings (SSSR count). The number of urea groups is 1. The van der Waals surface area contributed by atoms with E-state index in [-0.39, 0.29) is 24.4 Å². The summed E-state index contributed by atoms with van der Waals surface area (Å²) in [5.41, 5.74) is 6.89. The minimum absolute atomic E-state index is 0.121. The molecule has 2 saturated heterocycles. The molecule has 1 aromatic carbocycles. The number of imide groups is 1. The first-order valence-corrected chi connectivity index (χ1v) is 9.68. The van der Waals surface area contributed by atoms with Gasteiger partial charge in [-0.05, 0) is 49.7 Å². The molecule has 0 aromatic heterocycles. The minimum Gasteiger partial charge on any atom is -0.341 e. The van der Waals surface area contributed by atoms with Crippen LogP contribution in [0.2, 0.25) is 0 Å². The number of nitrogens with two attached hydrogens (primary N) is 1. The van der Waals surface area contributed by atoms with E-state index in [0.717, 1.165) is 35.3 Å². The van der Waals surface area contributed by atoms with Gasteiger partial charge < -0.3 is 16.0 Å². The monoisotopic (exact) mass is 370 g/mol. The standard InChI is InChI=1S/C20H26N4O3/c1-13(21)14-7-10-23(11-8-14)17(25)12-24-18(26)20(22-19(24)27)9-6-15-4-2-3-5-16(15)20/h2-5,13-14H,6-12,21H2,1H3,(H,22,27). The van der Waals surface area contributed by atoms with Gasteiger partial charge in [-0.25, -0.2) is 4.79 Å². The van der Waals surface area contributed by atoms with Gasteiger partial charge >= 0.3 is 6.03 Å². The van der Waals surface area contributed by atoms with Gasteiger partial charge in [0.15, 0.2) is 0 Å². The van der Waals surface area contributed by atoms with Gasteiger partial charge in [0.1, 0.15) is 12.1 Å². The fourth-order valence-corrected chi connectivity index (χ4v) is 4.64. The zero-order valence-corrected chi connectivity index (χ0v) is 15.6. The van der Waals surface area contributed by atoms with Crippen molar-refractivity contribution in [2.24, 2.45) is 11.7 Å².